The Kier molecular flexibility index (Phi) is 5.35. The molecule has 1 unspecified atom stereocenters. The number of carbonyl (C=O) groups is 1. The molecule has 0 saturated carbocycles. The van der Waals surface area contributed by atoms with Crippen LogP contribution in [-0.2, 0) is 0 Å². The van der Waals surface area contributed by atoms with Crippen molar-refractivity contribution < 1.29 is 4.79 Å². The van der Waals surface area contributed by atoms with Crippen LogP contribution in [-0.4, -0.2) is 27.1 Å². The van der Waals surface area contributed by atoms with Crippen LogP contribution in [0.5, 0.6) is 0 Å². The quantitative estimate of drug-likeness (QED) is 0.651. The molecule has 1 aromatic carbocycles. The van der Waals surface area contributed by atoms with Gasteiger partial charge in [-0.3, -0.25) is 4.79 Å². The Morgan fingerprint density at radius 2 is 2.15 bits per heavy atom. The van der Waals surface area contributed by atoms with Crippen LogP contribution < -0.4 is 5.32 Å². The van der Waals surface area contributed by atoms with Crippen LogP contribution >= 0.6 is 15.9 Å². The summed E-state index contributed by atoms with van der Waals surface area (Å²) < 4.78 is 1.70. The van der Waals surface area contributed by atoms with Crippen molar-refractivity contribution in [3.05, 3.63) is 48.3 Å². The smallest absolute Gasteiger partial charge is 0.254 e. The lowest BCUT2D eigenvalue weighted by Crippen LogP contribution is -2.24. The molecule has 0 aliphatic carbocycles. The van der Waals surface area contributed by atoms with Gasteiger partial charge in [-0.15, -0.1) is 0 Å². The van der Waals surface area contributed by atoms with E-state index in [0.717, 1.165) is 18.5 Å². The van der Waals surface area contributed by atoms with Crippen LogP contribution in [0, 0.1) is 0 Å². The van der Waals surface area contributed by atoms with Crippen LogP contribution in [0.25, 0.3) is 5.69 Å². The van der Waals surface area contributed by atoms with E-state index in [1.807, 2.05) is 30.3 Å². The van der Waals surface area contributed by atoms with Crippen molar-refractivity contribution in [3.8, 4) is 5.69 Å². The standard InChI is InChI=1S/C15H18BrN3O/c1-12(16)6-5-9-17-15(20)13-10-18-19(11-13)14-7-3-2-4-8-14/h2-4,7-8,10-12H,5-6,9H2,1H3,(H,17,20). The summed E-state index contributed by atoms with van der Waals surface area (Å²) in [5, 5.41) is 7.12. The van der Waals surface area contributed by atoms with E-state index in [1.165, 1.54) is 0 Å². The molecule has 20 heavy (non-hydrogen) atoms. The average Bonchev–Trinajstić information content (AvgIpc) is 2.94. The molecule has 0 spiro atoms. The molecule has 0 radical (unpaired) electrons. The van der Waals surface area contributed by atoms with Crippen molar-refractivity contribution in [1.82, 2.24) is 15.1 Å². The third-order valence-corrected chi connectivity index (χ3v) is 3.39. The molecule has 0 saturated heterocycles. The number of amides is 1. The summed E-state index contributed by atoms with van der Waals surface area (Å²) in [6.45, 7) is 2.79. The van der Waals surface area contributed by atoms with Gasteiger partial charge < -0.3 is 5.32 Å². The molecule has 0 aliphatic heterocycles. The first-order chi connectivity index (χ1) is 9.66. The van der Waals surface area contributed by atoms with E-state index in [2.05, 4.69) is 33.3 Å². The molecule has 0 fully saturated rings. The van der Waals surface area contributed by atoms with Crippen LogP contribution in [0.2, 0.25) is 0 Å². The number of aromatic nitrogens is 2. The van der Waals surface area contributed by atoms with E-state index >= 15 is 0 Å². The van der Waals surface area contributed by atoms with Crippen molar-refractivity contribution >= 4 is 21.8 Å². The number of nitrogens with zero attached hydrogens (tertiary/aromatic N) is 2. The first-order valence-electron chi connectivity index (χ1n) is 6.69. The van der Waals surface area contributed by atoms with Crippen LogP contribution in [0.3, 0.4) is 0 Å². The van der Waals surface area contributed by atoms with Gasteiger partial charge in [0, 0.05) is 17.6 Å². The van der Waals surface area contributed by atoms with Crippen LogP contribution in [0.15, 0.2) is 42.7 Å². The maximum absolute atomic E-state index is 12.0. The lowest BCUT2D eigenvalue weighted by molar-refractivity contribution is 0.0953. The lowest BCUT2D eigenvalue weighted by atomic mass is 10.2. The summed E-state index contributed by atoms with van der Waals surface area (Å²) in [7, 11) is 0. The molecular formula is C15H18BrN3O. The van der Waals surface area contributed by atoms with Crippen molar-refractivity contribution in [1.29, 1.82) is 0 Å². The number of rotatable bonds is 6. The Bertz CT molecular complexity index is 551. The molecule has 4 nitrogen and oxygen atoms in total. The number of hydrogen-bond acceptors (Lipinski definition) is 2. The highest BCUT2D eigenvalue weighted by Gasteiger charge is 2.08. The highest BCUT2D eigenvalue weighted by molar-refractivity contribution is 9.09. The zero-order valence-corrected chi connectivity index (χ0v) is 13.0. The molecule has 2 rings (SSSR count). The fourth-order valence-corrected chi connectivity index (χ4v) is 2.17. The third-order valence-electron chi connectivity index (χ3n) is 2.93. The number of halogens is 1. The molecule has 1 N–H and O–H groups in total. The lowest BCUT2D eigenvalue weighted by Gasteiger charge is -2.04. The second kappa shape index (κ2) is 7.24. The maximum Gasteiger partial charge on any atom is 0.254 e. The van der Waals surface area contributed by atoms with E-state index in [0.29, 0.717) is 16.9 Å². The van der Waals surface area contributed by atoms with Gasteiger partial charge in [0.05, 0.1) is 17.4 Å². The summed E-state index contributed by atoms with van der Waals surface area (Å²) in [4.78, 5) is 12.4. The topological polar surface area (TPSA) is 46.9 Å². The van der Waals surface area contributed by atoms with Gasteiger partial charge in [0.2, 0.25) is 0 Å². The minimum absolute atomic E-state index is 0.0746. The molecule has 106 valence electrons. The molecule has 1 heterocycles. The van der Waals surface area contributed by atoms with Gasteiger partial charge in [-0.1, -0.05) is 41.1 Å². The van der Waals surface area contributed by atoms with Crippen LogP contribution in [0.1, 0.15) is 30.1 Å². The monoisotopic (exact) mass is 335 g/mol. The number of alkyl halides is 1. The first kappa shape index (κ1) is 14.8. The summed E-state index contributed by atoms with van der Waals surface area (Å²) >= 11 is 3.49. The number of hydrogen-bond donors (Lipinski definition) is 1. The van der Waals surface area contributed by atoms with Crippen molar-refractivity contribution in [2.45, 2.75) is 24.6 Å². The molecule has 0 aliphatic rings. The molecule has 1 aromatic heterocycles. The summed E-state index contributed by atoms with van der Waals surface area (Å²) in [6, 6.07) is 9.74. The summed E-state index contributed by atoms with van der Waals surface area (Å²) in [5.41, 5.74) is 1.53. The normalized spacial score (nSPS) is 12.1. The van der Waals surface area contributed by atoms with Gasteiger partial charge in [0.1, 0.15) is 0 Å². The van der Waals surface area contributed by atoms with E-state index in [-0.39, 0.29) is 5.91 Å². The second-order valence-electron chi connectivity index (χ2n) is 4.69. The van der Waals surface area contributed by atoms with E-state index in [1.54, 1.807) is 17.1 Å². The molecule has 1 atom stereocenters. The number of para-hydroxylation sites is 1. The third kappa shape index (κ3) is 4.20. The fourth-order valence-electron chi connectivity index (χ4n) is 1.85. The molecule has 2 aromatic rings. The zero-order valence-electron chi connectivity index (χ0n) is 11.4. The highest BCUT2D eigenvalue weighted by Crippen LogP contribution is 2.08. The second-order valence-corrected chi connectivity index (χ2v) is 6.25. The SMILES string of the molecule is CC(Br)CCCNC(=O)c1cnn(-c2ccccc2)c1. The van der Waals surface area contributed by atoms with Gasteiger partial charge in [0.15, 0.2) is 0 Å². The van der Waals surface area contributed by atoms with Gasteiger partial charge in [-0.05, 0) is 25.0 Å². The Labute approximate surface area is 127 Å². The summed E-state index contributed by atoms with van der Waals surface area (Å²) in [5.74, 6) is -0.0746. The van der Waals surface area contributed by atoms with E-state index in [9.17, 15) is 4.79 Å². The van der Waals surface area contributed by atoms with E-state index in [4.69, 9.17) is 0 Å². The van der Waals surface area contributed by atoms with Gasteiger partial charge in [0.25, 0.3) is 5.91 Å². The molecule has 5 heteroatoms. The van der Waals surface area contributed by atoms with Gasteiger partial charge in [-0.25, -0.2) is 4.68 Å². The Hall–Kier alpha value is -1.62. The average molecular weight is 336 g/mol. The minimum atomic E-state index is -0.0746. The zero-order chi connectivity index (χ0) is 14.4. The number of benzene rings is 1. The number of carbonyl (C=O) groups excluding carboxylic acids is 1. The molecule has 1 amide bonds. The van der Waals surface area contributed by atoms with Gasteiger partial charge >= 0.3 is 0 Å². The highest BCUT2D eigenvalue weighted by atomic mass is 79.9. The largest absolute Gasteiger partial charge is 0.352 e. The van der Waals surface area contributed by atoms with E-state index < -0.39 is 0 Å². The van der Waals surface area contributed by atoms with Crippen molar-refractivity contribution in [2.75, 3.05) is 6.54 Å². The predicted molar refractivity (Wildman–Crippen MR) is 83.5 cm³/mol. The Balaban J connectivity index is 1.90. The Morgan fingerprint density at radius 3 is 2.85 bits per heavy atom. The molecule has 0 bridgehead atoms. The van der Waals surface area contributed by atoms with Crippen molar-refractivity contribution in [3.63, 3.8) is 0 Å². The summed E-state index contributed by atoms with van der Waals surface area (Å²) in [6.07, 6.45) is 5.35. The number of nitrogens with one attached hydrogen (secondary N) is 1. The Morgan fingerprint density at radius 1 is 1.40 bits per heavy atom. The van der Waals surface area contributed by atoms with Gasteiger partial charge in [-0.2, -0.15) is 5.10 Å². The predicted octanol–water partition coefficient (Wildman–Crippen LogP) is 3.17. The van der Waals surface area contributed by atoms with Crippen LogP contribution in [0.4, 0.5) is 0 Å². The maximum atomic E-state index is 12.0. The molecular weight excluding hydrogens is 318 g/mol. The minimum Gasteiger partial charge on any atom is -0.352 e. The van der Waals surface area contributed by atoms with Crippen molar-refractivity contribution in [2.24, 2.45) is 0 Å². The first-order valence-corrected chi connectivity index (χ1v) is 7.61. The fraction of sp³-hybridized carbons (Fsp3) is 0.333.